The van der Waals surface area contributed by atoms with E-state index in [4.69, 9.17) is 4.74 Å². The van der Waals surface area contributed by atoms with Gasteiger partial charge in [0.25, 0.3) is 5.91 Å². The van der Waals surface area contributed by atoms with Gasteiger partial charge in [-0.2, -0.15) is 0 Å². The highest BCUT2D eigenvalue weighted by molar-refractivity contribution is 6.08. The van der Waals surface area contributed by atoms with E-state index in [1.807, 2.05) is 36.1 Å². The van der Waals surface area contributed by atoms with Gasteiger partial charge in [-0.15, -0.1) is 0 Å². The molecule has 1 aliphatic heterocycles. The summed E-state index contributed by atoms with van der Waals surface area (Å²) < 4.78 is 5.15. The summed E-state index contributed by atoms with van der Waals surface area (Å²) in [4.78, 5) is 27.6. The fourth-order valence-corrected chi connectivity index (χ4v) is 3.91. The van der Waals surface area contributed by atoms with Crippen LogP contribution in [0.1, 0.15) is 22.8 Å². The quantitative estimate of drug-likeness (QED) is 0.628. The van der Waals surface area contributed by atoms with E-state index in [0.717, 1.165) is 17.9 Å². The Morgan fingerprint density at radius 1 is 1.00 bits per heavy atom. The molecule has 0 bridgehead atoms. The second kappa shape index (κ2) is 8.92. The number of amides is 2. The van der Waals surface area contributed by atoms with Crippen molar-refractivity contribution in [3.63, 3.8) is 0 Å². The molecule has 158 valence electrons. The largest absolute Gasteiger partial charge is 0.497 e. The van der Waals surface area contributed by atoms with Crippen LogP contribution in [0.15, 0.2) is 72.8 Å². The van der Waals surface area contributed by atoms with Crippen molar-refractivity contribution in [2.45, 2.75) is 19.4 Å². The van der Waals surface area contributed by atoms with Crippen LogP contribution in [0, 0.1) is 0 Å². The molecule has 6 heteroatoms. The van der Waals surface area contributed by atoms with Crippen LogP contribution in [-0.2, 0) is 11.2 Å². The molecular formula is C25H25N3O3. The number of carbonyl (C=O) groups is 2. The van der Waals surface area contributed by atoms with E-state index in [1.165, 1.54) is 5.56 Å². The zero-order valence-corrected chi connectivity index (χ0v) is 17.6. The lowest BCUT2D eigenvalue weighted by Gasteiger charge is -2.23. The number of ether oxygens (including phenoxy) is 1. The average Bonchev–Trinajstić information content (AvgIpc) is 3.14. The highest BCUT2D eigenvalue weighted by atomic mass is 16.5. The molecule has 0 fully saturated rings. The number of anilines is 3. The SMILES string of the molecule is COc1ccc(NC(=O)c2ccccc2NCC(=O)N2c3ccccc3C[C@@H]2C)cc1. The zero-order valence-electron chi connectivity index (χ0n) is 17.6. The lowest BCUT2D eigenvalue weighted by atomic mass is 10.1. The molecule has 0 radical (unpaired) electrons. The monoisotopic (exact) mass is 415 g/mol. The fraction of sp³-hybridized carbons (Fsp3) is 0.200. The number of hydrogen-bond donors (Lipinski definition) is 2. The standard InChI is InChI=1S/C25H25N3O3/c1-17-15-18-7-3-6-10-23(18)28(17)24(29)16-26-22-9-5-4-8-21(22)25(30)27-19-11-13-20(31-2)14-12-19/h3-14,17,26H,15-16H2,1-2H3,(H,27,30)/t17-/m0/s1. The first-order valence-corrected chi connectivity index (χ1v) is 10.2. The number of carbonyl (C=O) groups excluding carboxylic acids is 2. The van der Waals surface area contributed by atoms with Crippen LogP contribution < -0.4 is 20.3 Å². The van der Waals surface area contributed by atoms with E-state index in [2.05, 4.69) is 16.7 Å². The molecule has 2 amide bonds. The van der Waals surface area contributed by atoms with Gasteiger partial charge in [-0.1, -0.05) is 30.3 Å². The number of para-hydroxylation sites is 2. The van der Waals surface area contributed by atoms with Crippen LogP contribution in [0.25, 0.3) is 0 Å². The van der Waals surface area contributed by atoms with Gasteiger partial charge < -0.3 is 20.3 Å². The van der Waals surface area contributed by atoms with Gasteiger partial charge in [0.2, 0.25) is 5.91 Å². The van der Waals surface area contributed by atoms with Gasteiger partial charge >= 0.3 is 0 Å². The molecule has 1 aliphatic rings. The number of nitrogens with zero attached hydrogens (tertiary/aromatic N) is 1. The van der Waals surface area contributed by atoms with Crippen LogP contribution in [0.2, 0.25) is 0 Å². The molecule has 0 aliphatic carbocycles. The Kier molecular flexibility index (Phi) is 5.89. The Morgan fingerprint density at radius 3 is 2.48 bits per heavy atom. The van der Waals surface area contributed by atoms with Crippen molar-refractivity contribution >= 4 is 28.9 Å². The highest BCUT2D eigenvalue weighted by Crippen LogP contribution is 2.31. The molecule has 1 atom stereocenters. The van der Waals surface area contributed by atoms with Gasteiger partial charge in [0.15, 0.2) is 0 Å². The average molecular weight is 415 g/mol. The molecule has 3 aromatic carbocycles. The number of nitrogens with one attached hydrogen (secondary N) is 2. The lowest BCUT2D eigenvalue weighted by Crippen LogP contribution is -2.39. The Hall–Kier alpha value is -3.80. The first-order valence-electron chi connectivity index (χ1n) is 10.2. The summed E-state index contributed by atoms with van der Waals surface area (Å²) in [6, 6.07) is 22.4. The summed E-state index contributed by atoms with van der Waals surface area (Å²) in [6.07, 6.45) is 0.850. The van der Waals surface area contributed by atoms with Crippen molar-refractivity contribution < 1.29 is 14.3 Å². The number of rotatable bonds is 6. The maximum atomic E-state index is 13.0. The van der Waals surface area contributed by atoms with Crippen molar-refractivity contribution in [3.8, 4) is 5.75 Å². The van der Waals surface area contributed by atoms with Crippen LogP contribution in [0.4, 0.5) is 17.1 Å². The van der Waals surface area contributed by atoms with Crippen LogP contribution in [-0.4, -0.2) is 31.5 Å². The molecule has 0 unspecified atom stereocenters. The van der Waals surface area contributed by atoms with E-state index < -0.39 is 0 Å². The molecule has 4 rings (SSSR count). The molecular weight excluding hydrogens is 390 g/mol. The van der Waals surface area contributed by atoms with Crippen LogP contribution in [0.3, 0.4) is 0 Å². The van der Waals surface area contributed by atoms with E-state index in [-0.39, 0.29) is 24.4 Å². The Morgan fingerprint density at radius 2 is 1.71 bits per heavy atom. The molecule has 1 heterocycles. The lowest BCUT2D eigenvalue weighted by molar-refractivity contribution is -0.117. The summed E-state index contributed by atoms with van der Waals surface area (Å²) in [5.41, 5.74) is 3.90. The maximum Gasteiger partial charge on any atom is 0.257 e. The normalized spacial score (nSPS) is 14.6. The fourth-order valence-electron chi connectivity index (χ4n) is 3.91. The van der Waals surface area contributed by atoms with Gasteiger partial charge in [-0.05, 0) is 61.4 Å². The molecule has 3 aromatic rings. The number of hydrogen-bond acceptors (Lipinski definition) is 4. The van der Waals surface area contributed by atoms with Crippen molar-refractivity contribution in [1.82, 2.24) is 0 Å². The molecule has 0 aromatic heterocycles. The predicted octanol–water partition coefficient (Wildman–Crippen LogP) is 4.34. The van der Waals surface area contributed by atoms with Crippen molar-refractivity contribution in [2.75, 3.05) is 29.2 Å². The van der Waals surface area contributed by atoms with Crippen molar-refractivity contribution in [3.05, 3.63) is 83.9 Å². The zero-order chi connectivity index (χ0) is 21.8. The molecule has 31 heavy (non-hydrogen) atoms. The summed E-state index contributed by atoms with van der Waals surface area (Å²) in [7, 11) is 1.60. The number of benzene rings is 3. The predicted molar refractivity (Wildman–Crippen MR) is 123 cm³/mol. The minimum Gasteiger partial charge on any atom is -0.497 e. The summed E-state index contributed by atoms with van der Waals surface area (Å²) in [5.74, 6) is 0.444. The second-order valence-electron chi connectivity index (χ2n) is 7.53. The Bertz CT molecular complexity index is 1100. The van der Waals surface area contributed by atoms with Gasteiger partial charge in [0, 0.05) is 23.1 Å². The molecule has 0 spiro atoms. The molecule has 0 saturated heterocycles. The van der Waals surface area contributed by atoms with Gasteiger partial charge in [0.05, 0.1) is 19.2 Å². The Labute approximate surface area is 181 Å². The summed E-state index contributed by atoms with van der Waals surface area (Å²) in [5, 5.41) is 6.04. The third kappa shape index (κ3) is 4.38. The van der Waals surface area contributed by atoms with E-state index in [0.29, 0.717) is 16.9 Å². The minimum atomic E-state index is -0.249. The Balaban J connectivity index is 1.45. The third-order valence-corrected chi connectivity index (χ3v) is 5.43. The van der Waals surface area contributed by atoms with E-state index in [9.17, 15) is 9.59 Å². The number of fused-ring (bicyclic) bond motifs is 1. The topological polar surface area (TPSA) is 70.7 Å². The molecule has 0 saturated carbocycles. The van der Waals surface area contributed by atoms with Crippen LogP contribution in [0.5, 0.6) is 5.75 Å². The summed E-state index contributed by atoms with van der Waals surface area (Å²) >= 11 is 0. The van der Waals surface area contributed by atoms with Crippen molar-refractivity contribution in [2.24, 2.45) is 0 Å². The van der Waals surface area contributed by atoms with E-state index in [1.54, 1.807) is 49.6 Å². The third-order valence-electron chi connectivity index (χ3n) is 5.43. The minimum absolute atomic E-state index is 0.0252. The highest BCUT2D eigenvalue weighted by Gasteiger charge is 2.30. The first kappa shape index (κ1) is 20.5. The van der Waals surface area contributed by atoms with Gasteiger partial charge in [0.1, 0.15) is 5.75 Å². The summed E-state index contributed by atoms with van der Waals surface area (Å²) in [6.45, 7) is 2.15. The van der Waals surface area contributed by atoms with Gasteiger partial charge in [-0.3, -0.25) is 9.59 Å². The smallest absolute Gasteiger partial charge is 0.257 e. The van der Waals surface area contributed by atoms with Gasteiger partial charge in [-0.25, -0.2) is 0 Å². The van der Waals surface area contributed by atoms with Crippen LogP contribution >= 0.6 is 0 Å². The van der Waals surface area contributed by atoms with E-state index >= 15 is 0 Å². The van der Waals surface area contributed by atoms with Crippen molar-refractivity contribution in [1.29, 1.82) is 0 Å². The molecule has 2 N–H and O–H groups in total. The first-order chi connectivity index (χ1) is 15.1. The maximum absolute atomic E-state index is 13.0. The molecule has 6 nitrogen and oxygen atoms in total. The number of methoxy groups -OCH3 is 1. The second-order valence-corrected chi connectivity index (χ2v) is 7.53.